The highest BCUT2D eigenvalue weighted by Crippen LogP contribution is 2.33. The van der Waals surface area contributed by atoms with Crippen LogP contribution in [-0.4, -0.2) is 59.3 Å². The zero-order valence-electron chi connectivity index (χ0n) is 21.2. The largest absolute Gasteiger partial charge is 0.497 e. The molecular weight excluding hydrogens is 452 g/mol. The Labute approximate surface area is 212 Å². The number of benzene rings is 2. The molecule has 1 saturated carbocycles. The van der Waals surface area contributed by atoms with Crippen molar-refractivity contribution in [2.75, 3.05) is 33.9 Å². The van der Waals surface area contributed by atoms with E-state index in [0.717, 1.165) is 55.5 Å². The fraction of sp³-hybridized carbons (Fsp3) is 0.379. The van der Waals surface area contributed by atoms with Gasteiger partial charge in [0.25, 0.3) is 5.91 Å². The normalized spacial score (nSPS) is 15.3. The first-order chi connectivity index (χ1) is 17.6. The molecule has 2 heterocycles. The van der Waals surface area contributed by atoms with E-state index in [9.17, 15) is 4.79 Å². The van der Waals surface area contributed by atoms with Crippen LogP contribution in [0.25, 0.3) is 5.69 Å². The molecule has 3 aromatic rings. The molecule has 1 aromatic heterocycles. The van der Waals surface area contributed by atoms with Crippen molar-refractivity contribution in [3.63, 3.8) is 0 Å². The second-order valence-electron chi connectivity index (χ2n) is 9.59. The fourth-order valence-corrected chi connectivity index (χ4v) is 4.94. The molecule has 0 saturated heterocycles. The number of nitrogens with zero attached hydrogens (tertiary/aromatic N) is 4. The molecule has 0 atom stereocenters. The summed E-state index contributed by atoms with van der Waals surface area (Å²) in [4.78, 5) is 18.0. The van der Waals surface area contributed by atoms with Crippen LogP contribution in [0, 0.1) is 5.92 Å². The molecule has 7 heteroatoms. The van der Waals surface area contributed by atoms with Gasteiger partial charge in [0.15, 0.2) is 0 Å². The number of carbonyl (C=O) groups excluding carboxylic acids is 1. The Kier molecular flexibility index (Phi) is 7.09. The van der Waals surface area contributed by atoms with Gasteiger partial charge >= 0.3 is 0 Å². The third-order valence-electron chi connectivity index (χ3n) is 7.06. The number of hydrogen-bond acceptors (Lipinski definition) is 5. The number of amides is 1. The van der Waals surface area contributed by atoms with Crippen LogP contribution >= 0.6 is 0 Å². The minimum atomic E-state index is 0.0314. The third-order valence-corrected chi connectivity index (χ3v) is 7.06. The van der Waals surface area contributed by atoms with Crippen LogP contribution in [0.1, 0.15) is 40.2 Å². The second-order valence-corrected chi connectivity index (χ2v) is 9.59. The molecular formula is C29H34N4O3. The first-order valence-electron chi connectivity index (χ1n) is 12.6. The summed E-state index contributed by atoms with van der Waals surface area (Å²) in [6, 6.07) is 15.3. The highest BCUT2D eigenvalue weighted by molar-refractivity contribution is 5.94. The van der Waals surface area contributed by atoms with E-state index >= 15 is 0 Å². The van der Waals surface area contributed by atoms with Crippen molar-refractivity contribution in [2.24, 2.45) is 5.92 Å². The van der Waals surface area contributed by atoms with Crippen molar-refractivity contribution in [3.8, 4) is 17.2 Å². The standard InChI is InChI=1S/C29H34N4O3/c1-4-16-31-17-15-26-24(19-31)25(30-33(26)27-7-5-6-8-28(27)36-3)20-32(18-21-9-10-21)29(34)22-11-13-23(35-2)14-12-22/h4-8,11-14,21H,1,9-10,15-20H2,2-3H3. The molecule has 1 fully saturated rings. The van der Waals surface area contributed by atoms with Crippen molar-refractivity contribution in [3.05, 3.63) is 83.7 Å². The van der Waals surface area contributed by atoms with Crippen molar-refractivity contribution < 1.29 is 14.3 Å². The van der Waals surface area contributed by atoms with Crippen molar-refractivity contribution in [1.29, 1.82) is 0 Å². The van der Waals surface area contributed by atoms with Gasteiger partial charge in [-0.1, -0.05) is 18.2 Å². The number of fused-ring (bicyclic) bond motifs is 1. The number of carbonyl (C=O) groups is 1. The molecule has 188 valence electrons. The predicted octanol–water partition coefficient (Wildman–Crippen LogP) is 4.49. The second kappa shape index (κ2) is 10.6. The van der Waals surface area contributed by atoms with Crippen LogP contribution in [0.4, 0.5) is 0 Å². The van der Waals surface area contributed by atoms with E-state index < -0.39 is 0 Å². The summed E-state index contributed by atoms with van der Waals surface area (Å²) in [5.74, 6) is 2.12. The summed E-state index contributed by atoms with van der Waals surface area (Å²) in [6.07, 6.45) is 5.17. The van der Waals surface area contributed by atoms with E-state index in [1.165, 1.54) is 24.1 Å². The minimum Gasteiger partial charge on any atom is -0.497 e. The third kappa shape index (κ3) is 5.02. The molecule has 0 spiro atoms. The smallest absolute Gasteiger partial charge is 0.254 e. The van der Waals surface area contributed by atoms with Crippen molar-refractivity contribution in [1.82, 2.24) is 19.6 Å². The highest BCUT2D eigenvalue weighted by Gasteiger charge is 2.31. The van der Waals surface area contributed by atoms with E-state index in [2.05, 4.69) is 11.5 Å². The first-order valence-corrected chi connectivity index (χ1v) is 12.6. The summed E-state index contributed by atoms with van der Waals surface area (Å²) in [7, 11) is 3.32. The van der Waals surface area contributed by atoms with Crippen molar-refractivity contribution >= 4 is 5.91 Å². The summed E-state index contributed by atoms with van der Waals surface area (Å²) in [6.45, 7) is 7.71. The lowest BCUT2D eigenvalue weighted by Crippen LogP contribution is -2.34. The number of hydrogen-bond donors (Lipinski definition) is 0. The lowest BCUT2D eigenvalue weighted by molar-refractivity contribution is 0.0731. The fourth-order valence-electron chi connectivity index (χ4n) is 4.94. The molecule has 5 rings (SSSR count). The van der Waals surface area contributed by atoms with Crippen LogP contribution < -0.4 is 9.47 Å². The van der Waals surface area contributed by atoms with Crippen LogP contribution in [0.5, 0.6) is 11.5 Å². The van der Waals surface area contributed by atoms with Gasteiger partial charge in [-0.2, -0.15) is 5.10 Å². The Morgan fingerprint density at radius 3 is 2.61 bits per heavy atom. The van der Waals surface area contributed by atoms with Crippen LogP contribution in [0.2, 0.25) is 0 Å². The average Bonchev–Trinajstić information content (AvgIpc) is 3.68. The lowest BCUT2D eigenvalue weighted by Gasteiger charge is -2.28. The van der Waals surface area contributed by atoms with Crippen LogP contribution in [-0.2, 0) is 19.5 Å². The minimum absolute atomic E-state index is 0.0314. The predicted molar refractivity (Wildman–Crippen MR) is 140 cm³/mol. The molecule has 2 aromatic carbocycles. The van der Waals surface area contributed by atoms with Gasteiger partial charge < -0.3 is 14.4 Å². The monoisotopic (exact) mass is 486 g/mol. The van der Waals surface area contributed by atoms with E-state index in [0.29, 0.717) is 18.0 Å². The molecule has 0 unspecified atom stereocenters. The van der Waals surface area contributed by atoms with E-state index in [-0.39, 0.29) is 5.91 Å². The van der Waals surface area contributed by atoms with Crippen LogP contribution in [0.15, 0.2) is 61.2 Å². The zero-order valence-corrected chi connectivity index (χ0v) is 21.2. The molecule has 0 radical (unpaired) electrons. The van der Waals surface area contributed by atoms with Gasteiger partial charge in [0.2, 0.25) is 0 Å². The summed E-state index contributed by atoms with van der Waals surface area (Å²) >= 11 is 0. The van der Waals surface area contributed by atoms with Gasteiger partial charge in [0.1, 0.15) is 17.2 Å². The number of rotatable bonds is 10. The number of para-hydroxylation sites is 2. The van der Waals surface area contributed by atoms with E-state index in [1.807, 2.05) is 64.2 Å². The van der Waals surface area contributed by atoms with Gasteiger partial charge in [0, 0.05) is 43.7 Å². The molecule has 2 aliphatic rings. The Bertz CT molecular complexity index is 1230. The van der Waals surface area contributed by atoms with E-state index in [4.69, 9.17) is 14.6 Å². The molecule has 1 amide bonds. The van der Waals surface area contributed by atoms with Crippen LogP contribution in [0.3, 0.4) is 0 Å². The SMILES string of the molecule is C=CCN1CCc2c(c(CN(CC3CC3)C(=O)c3ccc(OC)cc3)nn2-c2ccccc2OC)C1. The topological polar surface area (TPSA) is 59.8 Å². The molecule has 0 N–H and O–H groups in total. The zero-order chi connectivity index (χ0) is 25.1. The van der Waals surface area contributed by atoms with Gasteiger partial charge in [-0.25, -0.2) is 4.68 Å². The lowest BCUT2D eigenvalue weighted by atomic mass is 10.0. The summed E-state index contributed by atoms with van der Waals surface area (Å²) in [5.41, 5.74) is 4.94. The molecule has 7 nitrogen and oxygen atoms in total. The maximum atomic E-state index is 13.6. The average molecular weight is 487 g/mol. The quantitative estimate of drug-likeness (QED) is 0.395. The highest BCUT2D eigenvalue weighted by atomic mass is 16.5. The number of methoxy groups -OCH3 is 2. The van der Waals surface area contributed by atoms with Crippen molar-refractivity contribution in [2.45, 2.75) is 32.4 Å². The molecule has 36 heavy (non-hydrogen) atoms. The van der Waals surface area contributed by atoms with Gasteiger partial charge in [0.05, 0.1) is 32.2 Å². The Morgan fingerprint density at radius 1 is 1.14 bits per heavy atom. The number of aromatic nitrogens is 2. The maximum Gasteiger partial charge on any atom is 0.254 e. The summed E-state index contributed by atoms with van der Waals surface area (Å²) < 4.78 is 13.0. The van der Waals surface area contributed by atoms with Gasteiger partial charge in [-0.15, -0.1) is 6.58 Å². The van der Waals surface area contributed by atoms with E-state index in [1.54, 1.807) is 14.2 Å². The number of ether oxygens (including phenoxy) is 2. The van der Waals surface area contributed by atoms with Gasteiger partial charge in [-0.3, -0.25) is 9.69 Å². The van der Waals surface area contributed by atoms with Gasteiger partial charge in [-0.05, 0) is 55.2 Å². The summed E-state index contributed by atoms with van der Waals surface area (Å²) in [5, 5.41) is 5.11. The Balaban J connectivity index is 1.51. The Hall–Kier alpha value is -3.58. The first kappa shape index (κ1) is 24.1. The maximum absolute atomic E-state index is 13.6. The molecule has 1 aliphatic carbocycles. The molecule has 0 bridgehead atoms. The molecule has 1 aliphatic heterocycles. The Morgan fingerprint density at radius 2 is 1.92 bits per heavy atom.